The topological polar surface area (TPSA) is 126 Å². The average molecular weight is 586 g/mol. The number of hydrogen-bond acceptors (Lipinski definition) is 9. The SMILES string of the molecule is COC(=O)c1cc(C[S+]([O-])N2CCN(c3cnn(-c4cccc(Cl)c4)c(=O)c3OCC3(C)CC3)CC2)ccc1N. The zero-order valence-corrected chi connectivity index (χ0v) is 24.0. The van der Waals surface area contributed by atoms with Crippen molar-refractivity contribution in [3.63, 3.8) is 0 Å². The van der Waals surface area contributed by atoms with E-state index in [0.29, 0.717) is 54.9 Å². The molecular weight excluding hydrogens is 554 g/mol. The summed E-state index contributed by atoms with van der Waals surface area (Å²) in [6.45, 7) is 4.70. The Hall–Kier alpha value is -3.25. The van der Waals surface area contributed by atoms with E-state index in [-0.39, 0.29) is 28.0 Å². The van der Waals surface area contributed by atoms with Crippen molar-refractivity contribution in [3.8, 4) is 11.4 Å². The third kappa shape index (κ3) is 6.22. The number of rotatable bonds is 9. The number of aromatic nitrogens is 2. The third-order valence-electron chi connectivity index (χ3n) is 7.32. The number of ether oxygens (including phenoxy) is 2. The van der Waals surface area contributed by atoms with Crippen molar-refractivity contribution in [1.29, 1.82) is 0 Å². The molecule has 212 valence electrons. The summed E-state index contributed by atoms with van der Waals surface area (Å²) in [6.07, 6.45) is 3.78. The van der Waals surface area contributed by atoms with Crippen molar-refractivity contribution in [2.24, 2.45) is 5.41 Å². The maximum Gasteiger partial charge on any atom is 0.339 e. The summed E-state index contributed by atoms with van der Waals surface area (Å²) in [5.41, 5.74) is 8.12. The molecule has 0 bridgehead atoms. The largest absolute Gasteiger partial charge is 0.598 e. The van der Waals surface area contributed by atoms with Gasteiger partial charge in [0.1, 0.15) is 5.69 Å². The second-order valence-electron chi connectivity index (χ2n) is 10.5. The van der Waals surface area contributed by atoms with Gasteiger partial charge in [-0.05, 0) is 43.2 Å². The number of esters is 1. The van der Waals surface area contributed by atoms with Crippen LogP contribution in [0, 0.1) is 5.41 Å². The molecule has 5 rings (SSSR count). The summed E-state index contributed by atoms with van der Waals surface area (Å²) in [6, 6.07) is 12.0. The van der Waals surface area contributed by atoms with Gasteiger partial charge in [-0.25, -0.2) is 4.79 Å². The van der Waals surface area contributed by atoms with Crippen LogP contribution in [0.1, 0.15) is 35.7 Å². The summed E-state index contributed by atoms with van der Waals surface area (Å²) in [5.74, 6) is -0.0257. The van der Waals surface area contributed by atoms with Crippen LogP contribution in [0.25, 0.3) is 5.69 Å². The lowest BCUT2D eigenvalue weighted by Gasteiger charge is -2.36. The number of piperazine rings is 1. The quantitative estimate of drug-likeness (QED) is 0.228. The van der Waals surface area contributed by atoms with E-state index >= 15 is 0 Å². The van der Waals surface area contributed by atoms with Gasteiger partial charge >= 0.3 is 11.5 Å². The molecule has 40 heavy (non-hydrogen) atoms. The van der Waals surface area contributed by atoms with Crippen LogP contribution in [0.5, 0.6) is 5.75 Å². The summed E-state index contributed by atoms with van der Waals surface area (Å²) in [5, 5.41) is 4.94. The maximum absolute atomic E-state index is 13.6. The van der Waals surface area contributed by atoms with Crippen molar-refractivity contribution in [1.82, 2.24) is 14.1 Å². The first-order valence-electron chi connectivity index (χ1n) is 13.0. The van der Waals surface area contributed by atoms with Gasteiger partial charge in [0, 0.05) is 46.1 Å². The first kappa shape index (κ1) is 28.3. The molecular formula is C28H32ClN5O5S. The van der Waals surface area contributed by atoms with Crippen molar-refractivity contribution in [2.45, 2.75) is 25.5 Å². The van der Waals surface area contributed by atoms with Crippen LogP contribution in [-0.2, 0) is 21.9 Å². The number of anilines is 2. The molecule has 3 aromatic rings. The molecule has 1 aromatic heterocycles. The normalized spacial score (nSPS) is 17.4. The number of carbonyl (C=O) groups excluding carboxylic acids is 1. The van der Waals surface area contributed by atoms with Gasteiger partial charge < -0.3 is 24.7 Å². The highest BCUT2D eigenvalue weighted by Gasteiger charge is 2.39. The molecule has 2 fully saturated rings. The second kappa shape index (κ2) is 11.7. The number of hydrogen-bond donors (Lipinski definition) is 1. The van der Waals surface area contributed by atoms with E-state index in [1.165, 1.54) is 11.8 Å². The van der Waals surface area contributed by atoms with Crippen LogP contribution in [-0.4, -0.2) is 64.5 Å². The van der Waals surface area contributed by atoms with Crippen molar-refractivity contribution >= 4 is 40.3 Å². The second-order valence-corrected chi connectivity index (χ2v) is 12.3. The molecule has 1 saturated carbocycles. The molecule has 1 aliphatic carbocycles. The highest BCUT2D eigenvalue weighted by molar-refractivity contribution is 7.88. The molecule has 0 radical (unpaired) electrons. The van der Waals surface area contributed by atoms with E-state index in [1.807, 2.05) is 9.21 Å². The first-order valence-corrected chi connectivity index (χ1v) is 14.7. The molecule has 2 heterocycles. The fraction of sp³-hybridized carbons (Fsp3) is 0.393. The molecule has 2 aliphatic rings. The number of nitrogens with zero attached hydrogens (tertiary/aromatic N) is 4. The number of nitrogen functional groups attached to an aromatic ring is 1. The molecule has 1 saturated heterocycles. The minimum atomic E-state index is -1.32. The molecule has 0 spiro atoms. The van der Waals surface area contributed by atoms with Gasteiger partial charge in [0.15, 0.2) is 5.75 Å². The van der Waals surface area contributed by atoms with Gasteiger partial charge in [0.05, 0.1) is 44.3 Å². The Morgan fingerprint density at radius 1 is 1.18 bits per heavy atom. The van der Waals surface area contributed by atoms with Crippen molar-refractivity contribution < 1.29 is 18.8 Å². The van der Waals surface area contributed by atoms with Crippen LogP contribution in [0.3, 0.4) is 0 Å². The number of nitrogens with two attached hydrogens (primary N) is 1. The van der Waals surface area contributed by atoms with Crippen molar-refractivity contribution in [2.75, 3.05) is 50.5 Å². The van der Waals surface area contributed by atoms with Gasteiger partial charge in [-0.2, -0.15) is 9.78 Å². The van der Waals surface area contributed by atoms with Gasteiger partial charge in [0.2, 0.25) is 5.75 Å². The van der Waals surface area contributed by atoms with Gasteiger partial charge in [0.25, 0.3) is 0 Å². The Morgan fingerprint density at radius 2 is 1.93 bits per heavy atom. The smallest absolute Gasteiger partial charge is 0.339 e. The van der Waals surface area contributed by atoms with E-state index in [1.54, 1.807) is 48.7 Å². The summed E-state index contributed by atoms with van der Waals surface area (Å²) in [4.78, 5) is 27.6. The highest BCUT2D eigenvalue weighted by Crippen LogP contribution is 2.45. The monoisotopic (exact) mass is 585 g/mol. The number of halogens is 1. The lowest BCUT2D eigenvalue weighted by atomic mass is 10.1. The van der Waals surface area contributed by atoms with E-state index in [0.717, 1.165) is 18.4 Å². The van der Waals surface area contributed by atoms with Crippen LogP contribution in [0.4, 0.5) is 11.4 Å². The summed E-state index contributed by atoms with van der Waals surface area (Å²) < 4.78 is 27.3. The van der Waals surface area contributed by atoms with Crippen LogP contribution in [0.15, 0.2) is 53.5 Å². The lowest BCUT2D eigenvalue weighted by molar-refractivity contribution is 0.0602. The Bertz CT molecular complexity index is 1460. The first-order chi connectivity index (χ1) is 19.2. The number of benzene rings is 2. The number of methoxy groups -OCH3 is 1. The summed E-state index contributed by atoms with van der Waals surface area (Å²) >= 11 is 4.84. The Morgan fingerprint density at radius 3 is 2.60 bits per heavy atom. The van der Waals surface area contributed by atoms with Crippen LogP contribution < -0.4 is 20.9 Å². The highest BCUT2D eigenvalue weighted by atomic mass is 35.5. The molecule has 2 N–H and O–H groups in total. The minimum Gasteiger partial charge on any atom is -0.598 e. The Kier molecular flexibility index (Phi) is 8.27. The Labute approximate surface area is 240 Å². The fourth-order valence-electron chi connectivity index (χ4n) is 4.53. The maximum atomic E-state index is 13.6. The molecule has 1 atom stereocenters. The van der Waals surface area contributed by atoms with Gasteiger partial charge in [-0.3, -0.25) is 4.79 Å². The van der Waals surface area contributed by atoms with Gasteiger partial charge in [-0.1, -0.05) is 30.7 Å². The Balaban J connectivity index is 1.31. The number of carbonyl (C=O) groups is 1. The zero-order valence-electron chi connectivity index (χ0n) is 22.5. The fourth-order valence-corrected chi connectivity index (χ4v) is 5.93. The predicted molar refractivity (Wildman–Crippen MR) is 156 cm³/mol. The lowest BCUT2D eigenvalue weighted by Crippen LogP contribution is -2.49. The molecule has 0 amide bonds. The average Bonchev–Trinajstić information content (AvgIpc) is 3.69. The molecule has 1 aliphatic heterocycles. The summed E-state index contributed by atoms with van der Waals surface area (Å²) in [7, 11) is 1.30. The zero-order chi connectivity index (χ0) is 28.4. The molecule has 2 aromatic carbocycles. The minimum absolute atomic E-state index is 0.0826. The van der Waals surface area contributed by atoms with Crippen molar-refractivity contribution in [3.05, 3.63) is 75.2 Å². The molecule has 1 unspecified atom stereocenters. The van der Waals surface area contributed by atoms with E-state index in [2.05, 4.69) is 12.0 Å². The molecule has 12 heteroatoms. The van der Waals surface area contributed by atoms with E-state index < -0.39 is 17.3 Å². The van der Waals surface area contributed by atoms with Gasteiger partial charge in [-0.15, -0.1) is 4.31 Å². The standard InChI is InChI=1S/C28H32ClN5O5S/c1-28(8-9-28)18-39-25-24(16-31-34(26(25)35)21-5-3-4-20(29)15-21)32-10-12-33(13-11-32)40(37)17-19-6-7-23(30)22(14-19)27(36)38-2/h3-7,14-16H,8-13,17-18,30H2,1-2H3. The van der Waals surface area contributed by atoms with E-state index in [4.69, 9.17) is 26.8 Å². The third-order valence-corrected chi connectivity index (χ3v) is 9.07. The predicted octanol–water partition coefficient (Wildman–Crippen LogP) is 3.42. The van der Waals surface area contributed by atoms with Crippen LogP contribution in [0.2, 0.25) is 5.02 Å². The molecule has 10 nitrogen and oxygen atoms in total. The van der Waals surface area contributed by atoms with Crippen LogP contribution >= 0.6 is 11.6 Å². The van der Waals surface area contributed by atoms with E-state index in [9.17, 15) is 14.1 Å².